The number of furan rings is 1. The molecule has 6 nitrogen and oxygen atoms in total. The highest BCUT2D eigenvalue weighted by Gasteiger charge is 2.21. The van der Waals surface area contributed by atoms with Crippen LogP contribution >= 0.6 is 11.3 Å². The summed E-state index contributed by atoms with van der Waals surface area (Å²) in [6, 6.07) is 3.69. The molecule has 1 fully saturated rings. The second-order valence-electron chi connectivity index (χ2n) is 4.40. The van der Waals surface area contributed by atoms with E-state index in [-0.39, 0.29) is 5.91 Å². The Morgan fingerprint density at radius 1 is 1.60 bits per heavy atom. The number of carbonyl (C=O) groups is 1. The average molecular weight is 293 g/mol. The molecule has 0 aliphatic carbocycles. The van der Waals surface area contributed by atoms with Crippen LogP contribution in [0.3, 0.4) is 0 Å². The van der Waals surface area contributed by atoms with Crippen LogP contribution in [0.15, 0.2) is 28.2 Å². The number of morpholine rings is 1. The van der Waals surface area contributed by atoms with Gasteiger partial charge in [-0.05, 0) is 12.1 Å². The maximum Gasteiger partial charge on any atom is 0.250 e. The lowest BCUT2D eigenvalue weighted by molar-refractivity contribution is -0.134. The topological polar surface area (TPSA) is 76.4 Å². The molecule has 20 heavy (non-hydrogen) atoms. The third kappa shape index (κ3) is 3.06. The molecule has 1 atom stereocenters. The zero-order valence-corrected chi connectivity index (χ0v) is 11.6. The van der Waals surface area contributed by atoms with Crippen molar-refractivity contribution < 1.29 is 13.9 Å². The first-order valence-corrected chi connectivity index (χ1v) is 7.29. The largest absolute Gasteiger partial charge is 0.462 e. The fourth-order valence-corrected chi connectivity index (χ4v) is 2.71. The molecule has 3 rings (SSSR count). The SMILES string of the molecule is O=C(NCc1csc(-c2ccco2)n1)C1CNCCO1. The van der Waals surface area contributed by atoms with Crippen LogP contribution in [0, 0.1) is 0 Å². The van der Waals surface area contributed by atoms with Crippen LogP contribution in [-0.2, 0) is 16.1 Å². The van der Waals surface area contributed by atoms with Gasteiger partial charge in [-0.15, -0.1) is 11.3 Å². The monoisotopic (exact) mass is 293 g/mol. The molecular weight excluding hydrogens is 278 g/mol. The highest BCUT2D eigenvalue weighted by Crippen LogP contribution is 2.23. The second kappa shape index (κ2) is 6.17. The molecule has 0 bridgehead atoms. The molecule has 1 saturated heterocycles. The van der Waals surface area contributed by atoms with Crippen molar-refractivity contribution in [2.75, 3.05) is 19.7 Å². The first-order chi connectivity index (χ1) is 9.83. The quantitative estimate of drug-likeness (QED) is 0.880. The van der Waals surface area contributed by atoms with Gasteiger partial charge in [0.15, 0.2) is 10.8 Å². The van der Waals surface area contributed by atoms with Crippen LogP contribution in [0.4, 0.5) is 0 Å². The van der Waals surface area contributed by atoms with Gasteiger partial charge in [-0.2, -0.15) is 0 Å². The van der Waals surface area contributed by atoms with Crippen molar-refractivity contribution >= 4 is 17.2 Å². The normalized spacial score (nSPS) is 18.9. The first kappa shape index (κ1) is 13.3. The van der Waals surface area contributed by atoms with Gasteiger partial charge in [-0.1, -0.05) is 0 Å². The molecule has 1 aliphatic heterocycles. The van der Waals surface area contributed by atoms with E-state index in [9.17, 15) is 4.79 Å². The van der Waals surface area contributed by atoms with E-state index in [2.05, 4.69) is 15.6 Å². The van der Waals surface area contributed by atoms with Crippen molar-refractivity contribution in [3.8, 4) is 10.8 Å². The number of carbonyl (C=O) groups excluding carboxylic acids is 1. The molecule has 7 heteroatoms. The van der Waals surface area contributed by atoms with E-state index in [1.807, 2.05) is 17.5 Å². The van der Waals surface area contributed by atoms with Crippen molar-refractivity contribution in [2.45, 2.75) is 12.6 Å². The van der Waals surface area contributed by atoms with Crippen molar-refractivity contribution in [3.05, 3.63) is 29.5 Å². The number of rotatable bonds is 4. The highest BCUT2D eigenvalue weighted by molar-refractivity contribution is 7.13. The van der Waals surface area contributed by atoms with E-state index in [1.165, 1.54) is 11.3 Å². The van der Waals surface area contributed by atoms with Gasteiger partial charge in [0.25, 0.3) is 5.91 Å². The molecule has 0 radical (unpaired) electrons. The lowest BCUT2D eigenvalue weighted by atomic mass is 10.3. The third-order valence-corrected chi connectivity index (χ3v) is 3.85. The number of aromatic nitrogens is 1. The number of hydrogen-bond donors (Lipinski definition) is 2. The van der Waals surface area contributed by atoms with Crippen molar-refractivity contribution in [1.29, 1.82) is 0 Å². The Morgan fingerprint density at radius 3 is 3.30 bits per heavy atom. The lowest BCUT2D eigenvalue weighted by Gasteiger charge is -2.22. The molecule has 106 valence electrons. The summed E-state index contributed by atoms with van der Waals surface area (Å²) in [6.45, 7) is 2.32. The Kier molecular flexibility index (Phi) is 4.10. The molecule has 1 aliphatic rings. The number of ether oxygens (including phenoxy) is 1. The molecule has 0 saturated carbocycles. The summed E-state index contributed by atoms with van der Waals surface area (Å²) in [5.74, 6) is 0.636. The maximum atomic E-state index is 11.9. The van der Waals surface area contributed by atoms with Crippen LogP contribution in [-0.4, -0.2) is 36.7 Å². The molecule has 1 unspecified atom stereocenters. The second-order valence-corrected chi connectivity index (χ2v) is 5.26. The summed E-state index contributed by atoms with van der Waals surface area (Å²) in [4.78, 5) is 16.3. The number of hydrogen-bond acceptors (Lipinski definition) is 6. The summed E-state index contributed by atoms with van der Waals surface area (Å²) >= 11 is 1.49. The zero-order chi connectivity index (χ0) is 13.8. The Bertz CT molecular complexity index is 561. The molecule has 2 aromatic heterocycles. The number of nitrogens with zero attached hydrogens (tertiary/aromatic N) is 1. The van der Waals surface area contributed by atoms with Gasteiger partial charge < -0.3 is 19.8 Å². The minimum atomic E-state index is -0.410. The van der Waals surface area contributed by atoms with Gasteiger partial charge in [0.2, 0.25) is 0 Å². The van der Waals surface area contributed by atoms with Crippen molar-refractivity contribution in [3.63, 3.8) is 0 Å². The summed E-state index contributed by atoms with van der Waals surface area (Å²) in [5.41, 5.74) is 0.818. The van der Waals surface area contributed by atoms with Crippen LogP contribution in [0.25, 0.3) is 10.8 Å². The van der Waals surface area contributed by atoms with E-state index >= 15 is 0 Å². The highest BCUT2D eigenvalue weighted by atomic mass is 32.1. The molecule has 2 aromatic rings. The van der Waals surface area contributed by atoms with Crippen LogP contribution in [0.2, 0.25) is 0 Å². The van der Waals surface area contributed by atoms with Gasteiger partial charge in [0.05, 0.1) is 25.1 Å². The molecule has 0 spiro atoms. The predicted octanol–water partition coefficient (Wildman–Crippen LogP) is 1.01. The van der Waals surface area contributed by atoms with Gasteiger partial charge in [0, 0.05) is 18.5 Å². The van der Waals surface area contributed by atoms with Crippen molar-refractivity contribution in [2.24, 2.45) is 0 Å². The standard InChI is InChI=1S/C13H15N3O3S/c17-12(11-7-14-3-5-19-11)15-6-9-8-20-13(16-9)10-2-1-4-18-10/h1-2,4,8,11,14H,3,5-7H2,(H,15,17). The minimum Gasteiger partial charge on any atom is -0.462 e. The van der Waals surface area contributed by atoms with Crippen molar-refractivity contribution in [1.82, 2.24) is 15.6 Å². The summed E-state index contributed by atoms with van der Waals surface area (Å²) in [5, 5.41) is 8.69. The van der Waals surface area contributed by atoms with E-state index < -0.39 is 6.10 Å². The molecular formula is C13H15N3O3S. The molecule has 3 heterocycles. The molecule has 2 N–H and O–H groups in total. The predicted molar refractivity (Wildman–Crippen MR) is 74.3 cm³/mol. The maximum absolute atomic E-state index is 11.9. The number of amides is 1. The summed E-state index contributed by atoms with van der Waals surface area (Å²) < 4.78 is 10.7. The van der Waals surface area contributed by atoms with Gasteiger partial charge in [0.1, 0.15) is 6.10 Å². The average Bonchev–Trinajstić information content (AvgIpc) is 3.16. The van der Waals surface area contributed by atoms with Gasteiger partial charge >= 0.3 is 0 Å². The Labute approximate surface area is 120 Å². The van der Waals surface area contributed by atoms with Crippen LogP contribution in [0.5, 0.6) is 0 Å². The minimum absolute atomic E-state index is 0.107. The summed E-state index contributed by atoms with van der Waals surface area (Å²) in [6.07, 6.45) is 1.21. The van der Waals surface area contributed by atoms with E-state index in [4.69, 9.17) is 9.15 Å². The van der Waals surface area contributed by atoms with Crippen LogP contribution in [0.1, 0.15) is 5.69 Å². The van der Waals surface area contributed by atoms with E-state index in [0.29, 0.717) is 19.7 Å². The van der Waals surface area contributed by atoms with E-state index in [0.717, 1.165) is 23.0 Å². The number of thiazole rings is 1. The Morgan fingerprint density at radius 2 is 2.55 bits per heavy atom. The zero-order valence-electron chi connectivity index (χ0n) is 10.8. The fraction of sp³-hybridized carbons (Fsp3) is 0.385. The van der Waals surface area contributed by atoms with Gasteiger partial charge in [-0.3, -0.25) is 4.79 Å². The van der Waals surface area contributed by atoms with E-state index in [1.54, 1.807) is 6.26 Å². The third-order valence-electron chi connectivity index (χ3n) is 2.95. The Hall–Kier alpha value is -1.70. The lowest BCUT2D eigenvalue weighted by Crippen LogP contribution is -2.47. The fourth-order valence-electron chi connectivity index (χ4n) is 1.93. The summed E-state index contributed by atoms with van der Waals surface area (Å²) in [7, 11) is 0. The molecule has 1 amide bonds. The van der Waals surface area contributed by atoms with Gasteiger partial charge in [-0.25, -0.2) is 4.98 Å². The first-order valence-electron chi connectivity index (χ1n) is 6.41. The number of nitrogens with one attached hydrogen (secondary N) is 2. The smallest absolute Gasteiger partial charge is 0.250 e. The molecule has 0 aromatic carbocycles. The van der Waals surface area contributed by atoms with Crippen LogP contribution < -0.4 is 10.6 Å². The Balaban J connectivity index is 1.54.